The smallest absolute Gasteiger partial charge is 0.230 e. The fraction of sp³-hybridized carbons (Fsp3) is 0.524. The third-order valence-electron chi connectivity index (χ3n) is 5.93. The number of aromatic nitrogens is 4. The molecule has 2 aliphatic rings. The summed E-state index contributed by atoms with van der Waals surface area (Å²) in [6.45, 7) is 5.99. The average molecular weight is 410 g/mol. The normalized spacial score (nSPS) is 18.8. The van der Waals surface area contributed by atoms with Crippen LogP contribution in [0.3, 0.4) is 0 Å². The SMILES string of the molecule is COc1ncnc2ccc(N3CCN(Cc4nnc(C5CCOCC5)o4)CC3)cc12. The second-order valence-electron chi connectivity index (χ2n) is 7.77. The van der Waals surface area contributed by atoms with E-state index in [0.717, 1.165) is 74.7 Å². The van der Waals surface area contributed by atoms with E-state index < -0.39 is 0 Å². The molecule has 2 saturated heterocycles. The van der Waals surface area contributed by atoms with E-state index in [4.69, 9.17) is 13.9 Å². The number of benzene rings is 1. The second-order valence-corrected chi connectivity index (χ2v) is 7.77. The fourth-order valence-corrected chi connectivity index (χ4v) is 4.18. The van der Waals surface area contributed by atoms with Crippen LogP contribution in [0.4, 0.5) is 5.69 Å². The van der Waals surface area contributed by atoms with Gasteiger partial charge in [-0.15, -0.1) is 10.2 Å². The molecule has 0 saturated carbocycles. The monoisotopic (exact) mass is 410 g/mol. The van der Waals surface area contributed by atoms with Crippen LogP contribution in [0.1, 0.15) is 30.5 Å². The van der Waals surface area contributed by atoms with Crippen LogP contribution in [0.15, 0.2) is 28.9 Å². The Kier molecular flexibility index (Phi) is 5.46. The van der Waals surface area contributed by atoms with E-state index >= 15 is 0 Å². The van der Waals surface area contributed by atoms with Gasteiger partial charge in [0.05, 0.1) is 24.6 Å². The molecule has 0 amide bonds. The molecule has 9 nitrogen and oxygen atoms in total. The van der Waals surface area contributed by atoms with Gasteiger partial charge in [-0.3, -0.25) is 4.90 Å². The molecule has 1 aromatic carbocycles. The van der Waals surface area contributed by atoms with E-state index in [2.05, 4.69) is 42.1 Å². The highest BCUT2D eigenvalue weighted by Gasteiger charge is 2.24. The molecule has 5 rings (SSSR count). The van der Waals surface area contributed by atoms with Crippen molar-refractivity contribution < 1.29 is 13.9 Å². The van der Waals surface area contributed by atoms with E-state index in [-0.39, 0.29) is 0 Å². The first-order chi connectivity index (χ1) is 14.8. The van der Waals surface area contributed by atoms with Crippen LogP contribution >= 0.6 is 0 Å². The summed E-state index contributed by atoms with van der Waals surface area (Å²) < 4.78 is 16.8. The highest BCUT2D eigenvalue weighted by Crippen LogP contribution is 2.28. The zero-order chi connectivity index (χ0) is 20.3. The van der Waals surface area contributed by atoms with E-state index in [1.165, 1.54) is 6.33 Å². The largest absolute Gasteiger partial charge is 0.480 e. The van der Waals surface area contributed by atoms with Crippen molar-refractivity contribution in [2.75, 3.05) is 51.4 Å². The standard InChI is InChI=1S/C21H26N6O3/c1-28-21-17-12-16(2-3-18(17)22-14-23-21)27-8-6-26(7-9-27)13-19-24-25-20(30-19)15-4-10-29-11-5-15/h2-3,12,14-15H,4-11,13H2,1H3. The number of methoxy groups -OCH3 is 1. The third kappa shape index (κ3) is 3.95. The van der Waals surface area contributed by atoms with Crippen molar-refractivity contribution in [1.82, 2.24) is 25.1 Å². The summed E-state index contributed by atoms with van der Waals surface area (Å²) in [5.74, 6) is 2.42. The van der Waals surface area contributed by atoms with Gasteiger partial charge in [0, 0.05) is 51.0 Å². The molecular formula is C21H26N6O3. The molecule has 4 heterocycles. The van der Waals surface area contributed by atoms with E-state index in [1.54, 1.807) is 7.11 Å². The molecule has 0 radical (unpaired) electrons. The Labute approximate surface area is 175 Å². The van der Waals surface area contributed by atoms with Crippen LogP contribution in [0.5, 0.6) is 5.88 Å². The fourth-order valence-electron chi connectivity index (χ4n) is 4.18. The summed E-state index contributed by atoms with van der Waals surface area (Å²) in [5.41, 5.74) is 2.05. The molecule has 0 aliphatic carbocycles. The molecule has 2 fully saturated rings. The van der Waals surface area contributed by atoms with Crippen LogP contribution in [-0.4, -0.2) is 71.6 Å². The summed E-state index contributed by atoms with van der Waals surface area (Å²) in [5, 5.41) is 9.49. The lowest BCUT2D eigenvalue weighted by Gasteiger charge is -2.35. The molecule has 3 aromatic rings. The van der Waals surface area contributed by atoms with Crippen molar-refractivity contribution in [1.29, 1.82) is 0 Å². The molecule has 0 unspecified atom stereocenters. The number of rotatable bonds is 5. The Morgan fingerprint density at radius 2 is 1.90 bits per heavy atom. The van der Waals surface area contributed by atoms with Crippen LogP contribution in [-0.2, 0) is 11.3 Å². The Morgan fingerprint density at radius 1 is 1.07 bits per heavy atom. The molecule has 9 heteroatoms. The first-order valence-electron chi connectivity index (χ1n) is 10.5. The average Bonchev–Trinajstić information content (AvgIpc) is 3.28. The van der Waals surface area contributed by atoms with E-state index in [9.17, 15) is 0 Å². The van der Waals surface area contributed by atoms with Crippen molar-refractivity contribution in [3.63, 3.8) is 0 Å². The maximum Gasteiger partial charge on any atom is 0.230 e. The van der Waals surface area contributed by atoms with Crippen LogP contribution in [0.2, 0.25) is 0 Å². The number of piperazine rings is 1. The Hall–Kier alpha value is -2.78. The molecule has 2 aromatic heterocycles. The predicted octanol–water partition coefficient (Wildman–Crippen LogP) is 2.24. The van der Waals surface area contributed by atoms with Gasteiger partial charge in [0.25, 0.3) is 0 Å². The van der Waals surface area contributed by atoms with Crippen LogP contribution in [0.25, 0.3) is 10.9 Å². The number of nitrogens with zero attached hydrogens (tertiary/aromatic N) is 6. The van der Waals surface area contributed by atoms with Crippen LogP contribution < -0.4 is 9.64 Å². The van der Waals surface area contributed by atoms with E-state index in [1.807, 2.05) is 6.07 Å². The maximum absolute atomic E-state index is 5.95. The van der Waals surface area contributed by atoms with Gasteiger partial charge in [-0.2, -0.15) is 0 Å². The summed E-state index contributed by atoms with van der Waals surface area (Å²) in [6, 6.07) is 6.25. The summed E-state index contributed by atoms with van der Waals surface area (Å²) in [6.07, 6.45) is 3.45. The molecule has 0 spiro atoms. The van der Waals surface area contributed by atoms with Crippen LogP contribution in [0, 0.1) is 0 Å². The van der Waals surface area contributed by atoms with Crippen molar-refractivity contribution in [2.45, 2.75) is 25.3 Å². The van der Waals surface area contributed by atoms with Gasteiger partial charge in [-0.1, -0.05) is 0 Å². The van der Waals surface area contributed by atoms with Crippen molar-refractivity contribution in [2.24, 2.45) is 0 Å². The second kappa shape index (κ2) is 8.53. The van der Waals surface area contributed by atoms with Crippen molar-refractivity contribution in [3.8, 4) is 5.88 Å². The first-order valence-corrected chi connectivity index (χ1v) is 10.5. The Balaban J connectivity index is 1.20. The predicted molar refractivity (Wildman–Crippen MR) is 111 cm³/mol. The zero-order valence-corrected chi connectivity index (χ0v) is 17.2. The molecule has 0 N–H and O–H groups in total. The summed E-state index contributed by atoms with van der Waals surface area (Å²) >= 11 is 0. The summed E-state index contributed by atoms with van der Waals surface area (Å²) in [4.78, 5) is 13.3. The number of hydrogen-bond acceptors (Lipinski definition) is 9. The zero-order valence-electron chi connectivity index (χ0n) is 17.2. The molecule has 158 valence electrons. The Morgan fingerprint density at radius 3 is 2.70 bits per heavy atom. The first kappa shape index (κ1) is 19.2. The maximum atomic E-state index is 5.95. The topological polar surface area (TPSA) is 89.6 Å². The number of hydrogen-bond donors (Lipinski definition) is 0. The van der Waals surface area contributed by atoms with Gasteiger partial charge in [-0.05, 0) is 31.0 Å². The minimum atomic E-state index is 0.339. The van der Waals surface area contributed by atoms with Gasteiger partial charge in [-0.25, -0.2) is 9.97 Å². The molecular weight excluding hydrogens is 384 g/mol. The van der Waals surface area contributed by atoms with E-state index in [0.29, 0.717) is 24.2 Å². The van der Waals surface area contributed by atoms with Gasteiger partial charge in [0.1, 0.15) is 6.33 Å². The minimum Gasteiger partial charge on any atom is -0.480 e. The minimum absolute atomic E-state index is 0.339. The van der Waals surface area contributed by atoms with Crippen molar-refractivity contribution >= 4 is 16.6 Å². The van der Waals surface area contributed by atoms with Crippen molar-refractivity contribution in [3.05, 3.63) is 36.3 Å². The lowest BCUT2D eigenvalue weighted by Crippen LogP contribution is -2.46. The summed E-state index contributed by atoms with van der Waals surface area (Å²) in [7, 11) is 1.64. The number of anilines is 1. The molecule has 0 bridgehead atoms. The number of ether oxygens (including phenoxy) is 2. The molecule has 30 heavy (non-hydrogen) atoms. The molecule has 0 atom stereocenters. The van der Waals surface area contributed by atoms with Gasteiger partial charge in [0.2, 0.25) is 17.7 Å². The quantitative estimate of drug-likeness (QED) is 0.628. The number of fused-ring (bicyclic) bond motifs is 1. The highest BCUT2D eigenvalue weighted by atomic mass is 16.5. The van der Waals surface area contributed by atoms with Gasteiger partial charge in [0.15, 0.2) is 0 Å². The van der Waals surface area contributed by atoms with Gasteiger partial charge < -0.3 is 18.8 Å². The molecule has 2 aliphatic heterocycles. The highest BCUT2D eigenvalue weighted by molar-refractivity contribution is 5.86. The van der Waals surface area contributed by atoms with Gasteiger partial charge >= 0.3 is 0 Å². The Bertz CT molecular complexity index is 995. The lowest BCUT2D eigenvalue weighted by molar-refractivity contribution is 0.0788. The lowest BCUT2D eigenvalue weighted by atomic mass is 10.0. The third-order valence-corrected chi connectivity index (χ3v) is 5.93.